The van der Waals surface area contributed by atoms with Crippen molar-refractivity contribution in [2.24, 2.45) is 5.73 Å². The fourth-order valence-electron chi connectivity index (χ4n) is 2.04. The molecule has 0 radical (unpaired) electrons. The summed E-state index contributed by atoms with van der Waals surface area (Å²) in [4.78, 5) is 13.4. The third kappa shape index (κ3) is 2.91. The lowest BCUT2D eigenvalue weighted by Crippen LogP contribution is -2.54. The van der Waals surface area contributed by atoms with E-state index in [1.165, 1.54) is 11.3 Å². The molecule has 19 heavy (non-hydrogen) atoms. The van der Waals surface area contributed by atoms with E-state index >= 15 is 0 Å². The molecule has 1 unspecified atom stereocenters. The van der Waals surface area contributed by atoms with Crippen LogP contribution in [0.5, 0.6) is 0 Å². The van der Waals surface area contributed by atoms with Crippen LogP contribution in [-0.2, 0) is 27.3 Å². The highest BCUT2D eigenvalue weighted by atomic mass is 32.1. The van der Waals surface area contributed by atoms with Gasteiger partial charge < -0.3 is 20.9 Å². The smallest absolute Gasteiger partial charge is 0.340 e. The standard InChI is InChI=1S/C13H20N2O3S/c1-12(2,3)18-11(16)13(7-14)5-8-4-10(15)19-9(8)6-17-13/h4H,5-7,14-15H2,1-3H3. The molecular weight excluding hydrogens is 264 g/mol. The Morgan fingerprint density at radius 3 is 2.84 bits per heavy atom. The number of hydrogen-bond acceptors (Lipinski definition) is 6. The molecule has 2 rings (SSSR count). The van der Waals surface area contributed by atoms with E-state index in [0.29, 0.717) is 13.0 Å². The Balaban J connectivity index is 2.23. The number of thiophene rings is 1. The molecule has 0 bridgehead atoms. The van der Waals surface area contributed by atoms with Crippen molar-refractivity contribution in [1.82, 2.24) is 0 Å². The Hall–Kier alpha value is -1.11. The summed E-state index contributed by atoms with van der Waals surface area (Å²) in [6, 6.07) is 1.89. The summed E-state index contributed by atoms with van der Waals surface area (Å²) in [5.74, 6) is -0.405. The second kappa shape index (κ2) is 4.77. The molecule has 0 saturated carbocycles. The minimum Gasteiger partial charge on any atom is -0.458 e. The van der Waals surface area contributed by atoms with Gasteiger partial charge in [-0.05, 0) is 32.4 Å². The third-order valence-corrected chi connectivity index (χ3v) is 3.95. The monoisotopic (exact) mass is 284 g/mol. The number of anilines is 1. The highest BCUT2D eigenvalue weighted by Gasteiger charge is 2.45. The van der Waals surface area contributed by atoms with Gasteiger partial charge in [0.2, 0.25) is 0 Å². The largest absolute Gasteiger partial charge is 0.458 e. The maximum atomic E-state index is 12.3. The Labute approximate surface area is 116 Å². The van der Waals surface area contributed by atoms with Gasteiger partial charge in [0, 0.05) is 17.8 Å². The van der Waals surface area contributed by atoms with E-state index < -0.39 is 17.2 Å². The summed E-state index contributed by atoms with van der Waals surface area (Å²) in [5.41, 5.74) is 10.9. The number of hydrogen-bond donors (Lipinski definition) is 2. The molecule has 0 saturated heterocycles. The second-order valence-electron chi connectivity index (χ2n) is 5.76. The first-order valence-corrected chi connectivity index (χ1v) is 7.02. The molecule has 1 atom stereocenters. The van der Waals surface area contributed by atoms with Gasteiger partial charge in [-0.25, -0.2) is 4.79 Å². The zero-order chi connectivity index (χ0) is 14.3. The summed E-state index contributed by atoms with van der Waals surface area (Å²) in [5, 5.41) is 0.727. The number of carbonyl (C=O) groups is 1. The lowest BCUT2D eigenvalue weighted by Gasteiger charge is -2.36. The molecule has 0 aromatic carbocycles. The van der Waals surface area contributed by atoms with Gasteiger partial charge in [0.15, 0.2) is 5.60 Å². The van der Waals surface area contributed by atoms with Crippen molar-refractivity contribution >= 4 is 22.3 Å². The zero-order valence-corrected chi connectivity index (χ0v) is 12.3. The molecule has 106 valence electrons. The zero-order valence-electron chi connectivity index (χ0n) is 11.5. The number of ether oxygens (including phenoxy) is 2. The Morgan fingerprint density at radius 2 is 2.26 bits per heavy atom. The second-order valence-corrected chi connectivity index (χ2v) is 6.93. The predicted molar refractivity (Wildman–Crippen MR) is 74.9 cm³/mol. The van der Waals surface area contributed by atoms with Crippen LogP contribution in [0.3, 0.4) is 0 Å². The number of esters is 1. The highest BCUT2D eigenvalue weighted by molar-refractivity contribution is 7.16. The van der Waals surface area contributed by atoms with Crippen LogP contribution in [0.4, 0.5) is 5.00 Å². The molecule has 1 aromatic heterocycles. The normalized spacial score (nSPS) is 22.9. The molecule has 0 aliphatic carbocycles. The van der Waals surface area contributed by atoms with E-state index in [0.717, 1.165) is 15.4 Å². The first-order valence-electron chi connectivity index (χ1n) is 6.20. The molecule has 5 nitrogen and oxygen atoms in total. The summed E-state index contributed by atoms with van der Waals surface area (Å²) >= 11 is 1.49. The fourth-order valence-corrected chi connectivity index (χ4v) is 2.91. The van der Waals surface area contributed by atoms with Crippen LogP contribution in [0.15, 0.2) is 6.07 Å². The summed E-state index contributed by atoms with van der Waals surface area (Å²) < 4.78 is 11.1. The van der Waals surface area contributed by atoms with E-state index in [9.17, 15) is 4.79 Å². The fraction of sp³-hybridized carbons (Fsp3) is 0.615. The van der Waals surface area contributed by atoms with Crippen molar-refractivity contribution in [3.8, 4) is 0 Å². The van der Waals surface area contributed by atoms with Crippen LogP contribution in [0.25, 0.3) is 0 Å². The van der Waals surface area contributed by atoms with E-state index in [-0.39, 0.29) is 6.54 Å². The van der Waals surface area contributed by atoms with Crippen LogP contribution in [0, 0.1) is 0 Å². The van der Waals surface area contributed by atoms with Crippen LogP contribution in [0.1, 0.15) is 31.2 Å². The quantitative estimate of drug-likeness (QED) is 0.802. The summed E-state index contributed by atoms with van der Waals surface area (Å²) in [6.45, 7) is 5.93. The third-order valence-electron chi connectivity index (χ3n) is 2.97. The van der Waals surface area contributed by atoms with Gasteiger partial charge in [-0.3, -0.25) is 0 Å². The molecule has 2 heterocycles. The van der Waals surface area contributed by atoms with Crippen molar-refractivity contribution in [2.45, 2.75) is 45.0 Å². The van der Waals surface area contributed by atoms with Gasteiger partial charge in [0.25, 0.3) is 0 Å². The van der Waals surface area contributed by atoms with Gasteiger partial charge in [-0.15, -0.1) is 11.3 Å². The van der Waals surface area contributed by atoms with Crippen LogP contribution >= 0.6 is 11.3 Å². The van der Waals surface area contributed by atoms with E-state index in [1.807, 2.05) is 26.8 Å². The molecule has 0 fully saturated rings. The Bertz CT molecular complexity index is 493. The predicted octanol–water partition coefficient (Wildman–Crippen LogP) is 1.44. The summed E-state index contributed by atoms with van der Waals surface area (Å²) in [6.07, 6.45) is 0.418. The van der Waals surface area contributed by atoms with Crippen LogP contribution in [0.2, 0.25) is 0 Å². The number of carbonyl (C=O) groups excluding carboxylic acids is 1. The molecule has 1 aromatic rings. The number of nitrogens with two attached hydrogens (primary N) is 2. The first-order chi connectivity index (χ1) is 8.76. The average Bonchev–Trinajstić information content (AvgIpc) is 2.65. The van der Waals surface area contributed by atoms with Crippen molar-refractivity contribution in [3.63, 3.8) is 0 Å². The number of rotatable bonds is 2. The molecule has 1 aliphatic rings. The summed E-state index contributed by atoms with van der Waals surface area (Å²) in [7, 11) is 0. The molecular formula is C13H20N2O3S. The van der Waals surface area contributed by atoms with Gasteiger partial charge in [0.1, 0.15) is 5.60 Å². The van der Waals surface area contributed by atoms with Gasteiger partial charge >= 0.3 is 5.97 Å². The topological polar surface area (TPSA) is 87.6 Å². The maximum Gasteiger partial charge on any atom is 0.340 e. The molecule has 0 amide bonds. The van der Waals surface area contributed by atoms with E-state index in [4.69, 9.17) is 20.9 Å². The first kappa shape index (κ1) is 14.3. The lowest BCUT2D eigenvalue weighted by atomic mass is 9.92. The van der Waals surface area contributed by atoms with Crippen molar-refractivity contribution < 1.29 is 14.3 Å². The number of fused-ring (bicyclic) bond motifs is 1. The molecule has 6 heteroatoms. The van der Waals surface area contributed by atoms with Gasteiger partial charge in [-0.2, -0.15) is 0 Å². The van der Waals surface area contributed by atoms with Crippen LogP contribution < -0.4 is 11.5 Å². The lowest BCUT2D eigenvalue weighted by molar-refractivity contribution is -0.186. The van der Waals surface area contributed by atoms with Gasteiger partial charge in [0.05, 0.1) is 11.6 Å². The molecule has 4 N–H and O–H groups in total. The average molecular weight is 284 g/mol. The van der Waals surface area contributed by atoms with Crippen molar-refractivity contribution in [2.75, 3.05) is 12.3 Å². The molecule has 0 spiro atoms. The van der Waals surface area contributed by atoms with Crippen molar-refractivity contribution in [3.05, 3.63) is 16.5 Å². The van der Waals surface area contributed by atoms with Crippen LogP contribution in [-0.4, -0.2) is 23.7 Å². The van der Waals surface area contributed by atoms with E-state index in [2.05, 4.69) is 0 Å². The van der Waals surface area contributed by atoms with E-state index in [1.54, 1.807) is 0 Å². The highest BCUT2D eigenvalue weighted by Crippen LogP contribution is 2.35. The minimum absolute atomic E-state index is 0.0943. The SMILES string of the molecule is CC(C)(C)OC(=O)C1(CN)Cc2cc(N)sc2CO1. The number of nitrogen functional groups attached to an aromatic ring is 1. The van der Waals surface area contributed by atoms with Crippen molar-refractivity contribution in [1.29, 1.82) is 0 Å². The minimum atomic E-state index is -1.09. The van der Waals surface area contributed by atoms with Gasteiger partial charge in [-0.1, -0.05) is 0 Å². The molecule has 1 aliphatic heterocycles. The Morgan fingerprint density at radius 1 is 1.58 bits per heavy atom. The maximum absolute atomic E-state index is 12.3. The Kier molecular flexibility index (Phi) is 3.59.